The largest absolute Gasteiger partial charge is 0.433 e. The normalized spacial score (nSPS) is 10.0. The zero-order chi connectivity index (χ0) is 17.9. The molecule has 122 valence electrons. The lowest BCUT2D eigenvalue weighted by Gasteiger charge is -2.07. The monoisotopic (exact) mass is 367 g/mol. The highest BCUT2D eigenvalue weighted by Crippen LogP contribution is 2.37. The molecule has 0 saturated carbocycles. The summed E-state index contributed by atoms with van der Waals surface area (Å²) in [5.41, 5.74) is -1.34. The van der Waals surface area contributed by atoms with Crippen LogP contribution in [0.15, 0.2) is 23.4 Å². The van der Waals surface area contributed by atoms with E-state index in [1.807, 2.05) is 0 Å². The van der Waals surface area contributed by atoms with E-state index in [0.29, 0.717) is 0 Å². The molecule has 1 aromatic heterocycles. The Hall–Kier alpha value is -2.97. The minimum atomic E-state index is -0.820. The first-order chi connectivity index (χ1) is 11.4. The molecule has 0 unspecified atom stereocenters. The van der Waals surface area contributed by atoms with Gasteiger partial charge in [-0.1, -0.05) is 23.4 Å². The zero-order valence-electron chi connectivity index (χ0n) is 11.8. The molecule has 0 aliphatic heterocycles. The van der Waals surface area contributed by atoms with Crippen molar-refractivity contribution in [2.75, 3.05) is 6.26 Å². The van der Waals surface area contributed by atoms with Crippen molar-refractivity contribution >= 4 is 34.7 Å². The van der Waals surface area contributed by atoms with Crippen LogP contribution in [0.4, 0.5) is 11.4 Å². The van der Waals surface area contributed by atoms with Crippen LogP contribution >= 0.6 is 23.4 Å². The number of benzene rings is 1. The van der Waals surface area contributed by atoms with Gasteiger partial charge in [0.25, 0.3) is 5.69 Å². The minimum absolute atomic E-state index is 0.106. The average molecular weight is 368 g/mol. The summed E-state index contributed by atoms with van der Waals surface area (Å²) < 4.78 is 5.28. The van der Waals surface area contributed by atoms with Crippen LogP contribution in [0.5, 0.6) is 11.6 Å². The summed E-state index contributed by atoms with van der Waals surface area (Å²) in [5, 5.41) is 30.6. The average Bonchev–Trinajstić information content (AvgIpc) is 2.53. The van der Waals surface area contributed by atoms with Crippen molar-refractivity contribution in [2.24, 2.45) is 0 Å². The van der Waals surface area contributed by atoms with Gasteiger partial charge in [-0.3, -0.25) is 20.2 Å². The summed E-state index contributed by atoms with van der Waals surface area (Å²) in [6.45, 7) is 0. The SMILES string of the molecule is CSc1nc(Cl)c([N+](=O)[O-])c(Oc2ccc(C#N)c([N+](=O)[O-])c2)n1. The van der Waals surface area contributed by atoms with Crippen molar-refractivity contribution in [3.8, 4) is 17.7 Å². The summed E-state index contributed by atoms with van der Waals surface area (Å²) in [6.07, 6.45) is 1.63. The second kappa shape index (κ2) is 7.07. The predicted octanol–water partition coefficient (Wildman–Crippen LogP) is 3.33. The number of thioether (sulfide) groups is 1. The molecule has 0 fully saturated rings. The molecular weight excluding hydrogens is 362 g/mol. The number of ether oxygens (including phenoxy) is 1. The van der Waals surface area contributed by atoms with Gasteiger partial charge in [0.05, 0.1) is 15.9 Å². The smallest absolute Gasteiger partial charge is 0.368 e. The van der Waals surface area contributed by atoms with Crippen molar-refractivity contribution < 1.29 is 14.6 Å². The molecule has 1 aromatic carbocycles. The summed E-state index contributed by atoms with van der Waals surface area (Å²) in [5.74, 6) is -0.561. The van der Waals surface area contributed by atoms with Gasteiger partial charge < -0.3 is 4.74 Å². The number of aromatic nitrogens is 2. The maximum Gasteiger partial charge on any atom is 0.368 e. The molecule has 0 atom stereocenters. The van der Waals surface area contributed by atoms with Crippen molar-refractivity contribution in [1.29, 1.82) is 5.26 Å². The zero-order valence-corrected chi connectivity index (χ0v) is 13.4. The van der Waals surface area contributed by atoms with Crippen LogP contribution in [0.3, 0.4) is 0 Å². The first-order valence-electron chi connectivity index (χ1n) is 5.99. The maximum atomic E-state index is 11.1. The number of nitrogens with zero attached hydrogens (tertiary/aromatic N) is 5. The predicted molar refractivity (Wildman–Crippen MR) is 83.4 cm³/mol. The molecule has 0 aliphatic carbocycles. The lowest BCUT2D eigenvalue weighted by atomic mass is 10.2. The van der Waals surface area contributed by atoms with Crippen LogP contribution in [0.25, 0.3) is 0 Å². The molecule has 10 nitrogen and oxygen atoms in total. The Bertz CT molecular complexity index is 885. The third-order valence-electron chi connectivity index (χ3n) is 2.65. The molecule has 0 amide bonds. The van der Waals surface area contributed by atoms with E-state index >= 15 is 0 Å². The van der Waals surface area contributed by atoms with E-state index in [1.165, 1.54) is 6.07 Å². The summed E-state index contributed by atoms with van der Waals surface area (Å²) in [4.78, 5) is 28.1. The van der Waals surface area contributed by atoms with E-state index in [0.717, 1.165) is 23.9 Å². The lowest BCUT2D eigenvalue weighted by molar-refractivity contribution is -0.386. The summed E-state index contributed by atoms with van der Waals surface area (Å²) in [6, 6.07) is 5.06. The number of nitro groups is 2. The molecule has 24 heavy (non-hydrogen) atoms. The van der Waals surface area contributed by atoms with Crippen LogP contribution in [0, 0.1) is 31.6 Å². The summed E-state index contributed by atoms with van der Waals surface area (Å²) >= 11 is 6.85. The fraction of sp³-hybridized carbons (Fsp3) is 0.0833. The highest BCUT2D eigenvalue weighted by atomic mass is 35.5. The van der Waals surface area contributed by atoms with Gasteiger partial charge in [0.1, 0.15) is 17.4 Å². The molecule has 0 saturated heterocycles. The van der Waals surface area contributed by atoms with Gasteiger partial charge in [-0.25, -0.2) is 4.98 Å². The number of hydrogen-bond donors (Lipinski definition) is 0. The van der Waals surface area contributed by atoms with Crippen molar-refractivity contribution in [3.05, 3.63) is 49.1 Å². The molecule has 0 aliphatic rings. The highest BCUT2D eigenvalue weighted by molar-refractivity contribution is 7.98. The fourth-order valence-corrected chi connectivity index (χ4v) is 2.27. The Balaban J connectivity index is 2.54. The molecule has 0 N–H and O–H groups in total. The standard InChI is InChI=1S/C12H6ClN5O5S/c1-24-12-15-10(13)9(18(21)22)11(16-12)23-7-3-2-6(5-14)8(4-7)17(19)20/h2-4H,1H3. The quantitative estimate of drug-likeness (QED) is 0.255. The minimum Gasteiger partial charge on any atom is -0.433 e. The Morgan fingerprint density at radius 1 is 1.29 bits per heavy atom. The van der Waals surface area contributed by atoms with Crippen molar-refractivity contribution in [1.82, 2.24) is 9.97 Å². The molecule has 0 radical (unpaired) electrons. The highest BCUT2D eigenvalue weighted by Gasteiger charge is 2.26. The van der Waals surface area contributed by atoms with Crippen LogP contribution in [-0.4, -0.2) is 26.1 Å². The van der Waals surface area contributed by atoms with E-state index in [9.17, 15) is 20.2 Å². The second-order valence-electron chi connectivity index (χ2n) is 4.06. The maximum absolute atomic E-state index is 11.1. The van der Waals surface area contributed by atoms with Gasteiger partial charge in [0.15, 0.2) is 5.16 Å². The topological polar surface area (TPSA) is 145 Å². The molecule has 2 aromatic rings. The Kier molecular flexibility index (Phi) is 5.12. The van der Waals surface area contributed by atoms with Crippen LogP contribution in [0.2, 0.25) is 5.15 Å². The second-order valence-corrected chi connectivity index (χ2v) is 5.19. The number of nitriles is 1. The van der Waals surface area contributed by atoms with Gasteiger partial charge in [0.2, 0.25) is 5.15 Å². The molecule has 2 rings (SSSR count). The van der Waals surface area contributed by atoms with E-state index in [-0.39, 0.29) is 16.5 Å². The Morgan fingerprint density at radius 3 is 2.54 bits per heavy atom. The number of hydrogen-bond acceptors (Lipinski definition) is 9. The van der Waals surface area contributed by atoms with E-state index in [4.69, 9.17) is 21.6 Å². The van der Waals surface area contributed by atoms with E-state index in [1.54, 1.807) is 12.3 Å². The van der Waals surface area contributed by atoms with Crippen molar-refractivity contribution in [3.63, 3.8) is 0 Å². The van der Waals surface area contributed by atoms with Crippen LogP contribution in [0.1, 0.15) is 5.56 Å². The number of nitro benzene ring substituents is 1. The van der Waals surface area contributed by atoms with Gasteiger partial charge in [0, 0.05) is 0 Å². The summed E-state index contributed by atoms with van der Waals surface area (Å²) in [7, 11) is 0. The molecule has 0 bridgehead atoms. The van der Waals surface area contributed by atoms with E-state index < -0.39 is 32.3 Å². The Morgan fingerprint density at radius 2 is 2.00 bits per heavy atom. The molecular formula is C12H6ClN5O5S. The van der Waals surface area contributed by atoms with Gasteiger partial charge in [-0.05, 0) is 18.4 Å². The molecule has 1 heterocycles. The fourth-order valence-electron chi connectivity index (χ4n) is 1.64. The molecule has 0 spiro atoms. The van der Waals surface area contributed by atoms with Gasteiger partial charge in [-0.15, -0.1) is 0 Å². The lowest BCUT2D eigenvalue weighted by Crippen LogP contribution is -2.01. The third kappa shape index (κ3) is 3.50. The number of halogens is 1. The van der Waals surface area contributed by atoms with Crippen LogP contribution < -0.4 is 4.74 Å². The van der Waals surface area contributed by atoms with Gasteiger partial charge in [-0.2, -0.15) is 10.2 Å². The molecule has 12 heteroatoms. The number of rotatable bonds is 5. The first kappa shape index (κ1) is 17.4. The van der Waals surface area contributed by atoms with E-state index in [2.05, 4.69) is 9.97 Å². The van der Waals surface area contributed by atoms with Crippen LogP contribution in [-0.2, 0) is 0 Å². The third-order valence-corrected chi connectivity index (χ3v) is 3.47. The van der Waals surface area contributed by atoms with Crippen molar-refractivity contribution in [2.45, 2.75) is 5.16 Å². The first-order valence-corrected chi connectivity index (χ1v) is 7.60. The Labute approximate surface area is 143 Å². The van der Waals surface area contributed by atoms with Gasteiger partial charge >= 0.3 is 11.6 Å².